The Balaban J connectivity index is 2.64. The predicted octanol–water partition coefficient (Wildman–Crippen LogP) is 3.95. The highest BCUT2D eigenvalue weighted by molar-refractivity contribution is 8.13. The lowest BCUT2D eigenvalue weighted by Gasteiger charge is -2.28. The van der Waals surface area contributed by atoms with Crippen LogP contribution in [0.2, 0.25) is 0 Å². The summed E-state index contributed by atoms with van der Waals surface area (Å²) in [5.74, 6) is 2.02. The van der Waals surface area contributed by atoms with E-state index in [2.05, 4.69) is 34.0 Å². The standard InChI is InChI=1S/C15H30N2S/c1-10(2)11(3)12(4)17-15(18-5)13-6-8-14(16)9-7-13/h10-14H,6-9,16H2,1-5H3/t11-,12-,13?,14?/m1/s1. The summed E-state index contributed by atoms with van der Waals surface area (Å²) in [6.45, 7) is 9.15. The van der Waals surface area contributed by atoms with Crippen LogP contribution >= 0.6 is 11.8 Å². The quantitative estimate of drug-likeness (QED) is 0.620. The summed E-state index contributed by atoms with van der Waals surface area (Å²) >= 11 is 1.84. The Bertz CT molecular complexity index is 268. The Morgan fingerprint density at radius 3 is 2.11 bits per heavy atom. The highest BCUT2D eigenvalue weighted by atomic mass is 32.2. The molecule has 0 unspecified atom stereocenters. The fourth-order valence-electron chi connectivity index (χ4n) is 2.57. The second-order valence-electron chi connectivity index (χ2n) is 6.13. The van der Waals surface area contributed by atoms with Crippen LogP contribution in [0.5, 0.6) is 0 Å². The first kappa shape index (κ1) is 16.0. The number of nitrogens with zero attached hydrogens (tertiary/aromatic N) is 1. The molecule has 1 aliphatic carbocycles. The zero-order valence-electron chi connectivity index (χ0n) is 12.6. The summed E-state index contributed by atoms with van der Waals surface area (Å²) in [6, 6.07) is 0.861. The maximum absolute atomic E-state index is 5.98. The van der Waals surface area contributed by atoms with Crippen LogP contribution in [0.15, 0.2) is 4.99 Å². The summed E-state index contributed by atoms with van der Waals surface area (Å²) < 4.78 is 0. The van der Waals surface area contributed by atoms with Crippen LogP contribution in [-0.2, 0) is 0 Å². The van der Waals surface area contributed by atoms with E-state index in [1.54, 1.807) is 0 Å². The van der Waals surface area contributed by atoms with Gasteiger partial charge in [-0.25, -0.2) is 0 Å². The van der Waals surface area contributed by atoms with E-state index in [0.717, 1.165) is 0 Å². The van der Waals surface area contributed by atoms with Crippen LogP contribution in [0, 0.1) is 17.8 Å². The minimum atomic E-state index is 0.427. The second kappa shape index (κ2) is 7.54. The first-order valence-corrected chi connectivity index (χ1v) is 8.55. The van der Waals surface area contributed by atoms with Crippen molar-refractivity contribution in [3.05, 3.63) is 0 Å². The van der Waals surface area contributed by atoms with Crippen molar-refractivity contribution in [1.29, 1.82) is 0 Å². The summed E-state index contributed by atoms with van der Waals surface area (Å²) in [5.41, 5.74) is 5.98. The Morgan fingerprint density at radius 2 is 1.67 bits per heavy atom. The van der Waals surface area contributed by atoms with Crippen LogP contribution in [0.3, 0.4) is 0 Å². The molecular weight excluding hydrogens is 240 g/mol. The van der Waals surface area contributed by atoms with E-state index >= 15 is 0 Å². The summed E-state index contributed by atoms with van der Waals surface area (Å²) in [7, 11) is 0. The first-order valence-electron chi connectivity index (χ1n) is 7.33. The Kier molecular flexibility index (Phi) is 6.72. The number of hydrogen-bond donors (Lipinski definition) is 1. The van der Waals surface area contributed by atoms with Gasteiger partial charge in [-0.15, -0.1) is 11.8 Å². The molecule has 18 heavy (non-hydrogen) atoms. The van der Waals surface area contributed by atoms with Gasteiger partial charge in [0, 0.05) is 12.0 Å². The lowest BCUT2D eigenvalue weighted by Crippen LogP contribution is -2.30. The lowest BCUT2D eigenvalue weighted by atomic mass is 9.86. The molecule has 0 bridgehead atoms. The molecule has 2 nitrogen and oxygen atoms in total. The molecular formula is C15H30N2S. The van der Waals surface area contributed by atoms with Crippen molar-refractivity contribution >= 4 is 16.8 Å². The van der Waals surface area contributed by atoms with Crippen molar-refractivity contribution < 1.29 is 0 Å². The van der Waals surface area contributed by atoms with Crippen molar-refractivity contribution in [2.24, 2.45) is 28.5 Å². The van der Waals surface area contributed by atoms with Gasteiger partial charge in [-0.2, -0.15) is 0 Å². The lowest BCUT2D eigenvalue weighted by molar-refractivity contribution is 0.359. The monoisotopic (exact) mass is 270 g/mol. The fraction of sp³-hybridized carbons (Fsp3) is 0.933. The molecule has 1 saturated carbocycles. The summed E-state index contributed by atoms with van der Waals surface area (Å²) in [6.07, 6.45) is 6.95. The minimum Gasteiger partial charge on any atom is -0.328 e. The third-order valence-electron chi connectivity index (χ3n) is 4.47. The van der Waals surface area contributed by atoms with Gasteiger partial charge in [0.1, 0.15) is 0 Å². The third-order valence-corrected chi connectivity index (χ3v) is 5.33. The maximum atomic E-state index is 5.98. The molecule has 1 fully saturated rings. The summed E-state index contributed by atoms with van der Waals surface area (Å²) in [5, 5.41) is 1.36. The molecule has 2 N–H and O–H groups in total. The molecule has 0 spiro atoms. The van der Waals surface area contributed by atoms with Gasteiger partial charge in [0.2, 0.25) is 0 Å². The molecule has 0 aromatic heterocycles. The maximum Gasteiger partial charge on any atom is 0.0707 e. The number of rotatable bonds is 4. The number of nitrogens with two attached hydrogens (primary N) is 1. The molecule has 0 amide bonds. The largest absolute Gasteiger partial charge is 0.328 e. The number of thioether (sulfide) groups is 1. The van der Waals surface area contributed by atoms with E-state index in [9.17, 15) is 0 Å². The van der Waals surface area contributed by atoms with E-state index in [0.29, 0.717) is 29.8 Å². The summed E-state index contributed by atoms with van der Waals surface area (Å²) in [4.78, 5) is 5.00. The van der Waals surface area contributed by atoms with Gasteiger partial charge in [0.05, 0.1) is 11.1 Å². The zero-order valence-corrected chi connectivity index (χ0v) is 13.5. The zero-order chi connectivity index (χ0) is 13.7. The molecule has 2 atom stereocenters. The third kappa shape index (κ3) is 4.58. The van der Waals surface area contributed by atoms with Gasteiger partial charge >= 0.3 is 0 Å². The normalized spacial score (nSPS) is 29.4. The van der Waals surface area contributed by atoms with Crippen LogP contribution in [0.4, 0.5) is 0 Å². The Hall–Kier alpha value is -0.0200. The Labute approximate surface area is 117 Å². The van der Waals surface area contributed by atoms with E-state index in [-0.39, 0.29) is 0 Å². The van der Waals surface area contributed by atoms with Crippen molar-refractivity contribution in [1.82, 2.24) is 0 Å². The van der Waals surface area contributed by atoms with Crippen LogP contribution in [0.1, 0.15) is 53.4 Å². The number of hydrogen-bond acceptors (Lipinski definition) is 3. The number of aliphatic imine (C=N–C) groups is 1. The van der Waals surface area contributed by atoms with Gasteiger partial charge in [0.25, 0.3) is 0 Å². The molecule has 3 heteroatoms. The van der Waals surface area contributed by atoms with Crippen LogP contribution < -0.4 is 5.73 Å². The molecule has 0 heterocycles. The smallest absolute Gasteiger partial charge is 0.0707 e. The molecule has 1 aliphatic rings. The molecule has 0 radical (unpaired) electrons. The SMILES string of the molecule is CSC(=N[C@H](C)[C@H](C)C(C)C)C1CCC(N)CC1. The van der Waals surface area contributed by atoms with Crippen LogP contribution in [-0.4, -0.2) is 23.4 Å². The molecule has 0 saturated heterocycles. The van der Waals surface area contributed by atoms with Crippen molar-refractivity contribution in [2.75, 3.05) is 6.26 Å². The van der Waals surface area contributed by atoms with Gasteiger partial charge in [-0.3, -0.25) is 4.99 Å². The fourth-order valence-corrected chi connectivity index (χ4v) is 3.41. The topological polar surface area (TPSA) is 38.4 Å². The molecule has 0 aliphatic heterocycles. The van der Waals surface area contributed by atoms with E-state index in [1.807, 2.05) is 11.8 Å². The van der Waals surface area contributed by atoms with E-state index < -0.39 is 0 Å². The van der Waals surface area contributed by atoms with Crippen molar-refractivity contribution in [3.63, 3.8) is 0 Å². The average molecular weight is 270 g/mol. The second-order valence-corrected chi connectivity index (χ2v) is 6.95. The molecule has 106 valence electrons. The first-order chi connectivity index (χ1) is 8.45. The molecule has 1 rings (SSSR count). The Morgan fingerprint density at radius 1 is 1.11 bits per heavy atom. The average Bonchev–Trinajstić information content (AvgIpc) is 2.35. The highest BCUT2D eigenvalue weighted by Gasteiger charge is 2.24. The predicted molar refractivity (Wildman–Crippen MR) is 84.3 cm³/mol. The molecule has 0 aromatic rings. The van der Waals surface area contributed by atoms with E-state index in [4.69, 9.17) is 10.7 Å². The van der Waals surface area contributed by atoms with Gasteiger partial charge < -0.3 is 5.73 Å². The molecule has 0 aromatic carbocycles. The van der Waals surface area contributed by atoms with E-state index in [1.165, 1.54) is 30.7 Å². The van der Waals surface area contributed by atoms with Gasteiger partial charge in [-0.1, -0.05) is 20.8 Å². The van der Waals surface area contributed by atoms with Crippen LogP contribution in [0.25, 0.3) is 0 Å². The van der Waals surface area contributed by atoms with Crippen molar-refractivity contribution in [2.45, 2.75) is 65.5 Å². The van der Waals surface area contributed by atoms with Crippen molar-refractivity contribution in [3.8, 4) is 0 Å². The minimum absolute atomic E-state index is 0.427. The highest BCUT2D eigenvalue weighted by Crippen LogP contribution is 2.29. The van der Waals surface area contributed by atoms with Gasteiger partial charge in [-0.05, 0) is 50.7 Å². The van der Waals surface area contributed by atoms with Gasteiger partial charge in [0.15, 0.2) is 0 Å².